The summed E-state index contributed by atoms with van der Waals surface area (Å²) in [7, 11) is 5.40. The van der Waals surface area contributed by atoms with Crippen LogP contribution in [0.15, 0.2) is 53.4 Å². The molecule has 2 amide bonds. The molecule has 0 radical (unpaired) electrons. The molecule has 3 rings (SSSR count). The van der Waals surface area contributed by atoms with Crippen molar-refractivity contribution in [1.29, 1.82) is 0 Å². The Balaban J connectivity index is 2.12. The van der Waals surface area contributed by atoms with E-state index < -0.39 is 0 Å². The predicted octanol–water partition coefficient (Wildman–Crippen LogP) is 3.80. The van der Waals surface area contributed by atoms with E-state index in [0.717, 1.165) is 5.69 Å². The second kappa shape index (κ2) is 7.88. The number of anilines is 2. The second-order valence-corrected chi connectivity index (χ2v) is 7.47. The van der Waals surface area contributed by atoms with Crippen molar-refractivity contribution in [2.24, 2.45) is 0 Å². The van der Waals surface area contributed by atoms with E-state index in [1.54, 1.807) is 19.2 Å². The van der Waals surface area contributed by atoms with Crippen LogP contribution < -0.4 is 14.5 Å². The molecule has 0 aromatic heterocycles. The van der Waals surface area contributed by atoms with Gasteiger partial charge in [0.15, 0.2) is 0 Å². The average molecular weight is 382 g/mol. The molecule has 1 aliphatic rings. The summed E-state index contributed by atoms with van der Waals surface area (Å²) < 4.78 is 5.43. The number of amides is 2. The van der Waals surface area contributed by atoms with Gasteiger partial charge in [0.2, 0.25) is 0 Å². The van der Waals surface area contributed by atoms with Crippen LogP contribution in [0.5, 0.6) is 5.75 Å². The monoisotopic (exact) mass is 382 g/mol. The number of nitrogens with zero attached hydrogens (tertiary/aromatic N) is 2. The molecule has 0 fully saturated rings. The van der Waals surface area contributed by atoms with Crippen LogP contribution in [0.1, 0.15) is 12.5 Å². The smallest absolute Gasteiger partial charge is 0.272 e. The van der Waals surface area contributed by atoms with Gasteiger partial charge >= 0.3 is 0 Å². The minimum Gasteiger partial charge on any atom is -0.496 e. The number of carbonyl (C=O) groups excluding carboxylic acids is 2. The van der Waals surface area contributed by atoms with E-state index >= 15 is 0 Å². The van der Waals surface area contributed by atoms with Gasteiger partial charge in [-0.25, -0.2) is 4.90 Å². The number of imide groups is 1. The maximum Gasteiger partial charge on any atom is 0.272 e. The van der Waals surface area contributed by atoms with Crippen molar-refractivity contribution in [3.63, 3.8) is 0 Å². The number of rotatable bonds is 6. The summed E-state index contributed by atoms with van der Waals surface area (Å²) in [6, 6.07) is 14.7. The van der Waals surface area contributed by atoms with Crippen LogP contribution >= 0.6 is 11.8 Å². The maximum absolute atomic E-state index is 13.3. The predicted molar refractivity (Wildman–Crippen MR) is 111 cm³/mol. The van der Waals surface area contributed by atoms with Crippen molar-refractivity contribution in [3.8, 4) is 5.75 Å². The topological polar surface area (TPSA) is 49.9 Å². The Labute approximate surface area is 163 Å². The SMILES string of the molecule is CCSC1=C(c2ccccc2OC)C(=O)N(c2cccc(N(C)C)c2)C1=O. The van der Waals surface area contributed by atoms with Gasteiger partial charge in [-0.05, 0) is 30.0 Å². The van der Waals surface area contributed by atoms with Crippen molar-refractivity contribution in [3.05, 3.63) is 59.0 Å². The van der Waals surface area contributed by atoms with E-state index in [2.05, 4.69) is 0 Å². The first-order valence-corrected chi connectivity index (χ1v) is 9.64. The lowest BCUT2D eigenvalue weighted by atomic mass is 10.0. The van der Waals surface area contributed by atoms with Crippen LogP contribution in [0, 0.1) is 0 Å². The van der Waals surface area contributed by atoms with Crippen LogP contribution in [0.4, 0.5) is 11.4 Å². The number of thioether (sulfide) groups is 1. The molecule has 27 heavy (non-hydrogen) atoms. The summed E-state index contributed by atoms with van der Waals surface area (Å²) >= 11 is 1.38. The Morgan fingerprint density at radius 3 is 2.44 bits per heavy atom. The van der Waals surface area contributed by atoms with Gasteiger partial charge in [-0.1, -0.05) is 31.2 Å². The third-order valence-electron chi connectivity index (χ3n) is 4.31. The Bertz CT molecular complexity index is 921. The molecule has 6 heteroatoms. The Hall–Kier alpha value is -2.73. The summed E-state index contributed by atoms with van der Waals surface area (Å²) in [6.45, 7) is 1.96. The molecule has 0 unspecified atom stereocenters. The molecule has 0 aliphatic carbocycles. The van der Waals surface area contributed by atoms with Crippen molar-refractivity contribution in [2.45, 2.75) is 6.92 Å². The van der Waals surface area contributed by atoms with Gasteiger partial charge < -0.3 is 9.64 Å². The van der Waals surface area contributed by atoms with Gasteiger partial charge in [-0.3, -0.25) is 9.59 Å². The zero-order valence-electron chi connectivity index (χ0n) is 15.9. The molecule has 0 spiro atoms. The summed E-state index contributed by atoms with van der Waals surface area (Å²) in [5.74, 6) is 0.658. The van der Waals surface area contributed by atoms with Crippen LogP contribution in [0.25, 0.3) is 5.57 Å². The van der Waals surface area contributed by atoms with Gasteiger partial charge in [-0.15, -0.1) is 11.8 Å². The van der Waals surface area contributed by atoms with E-state index in [1.165, 1.54) is 16.7 Å². The molecule has 0 saturated heterocycles. The molecule has 140 valence electrons. The Morgan fingerprint density at radius 2 is 1.78 bits per heavy atom. The molecular weight excluding hydrogens is 360 g/mol. The van der Waals surface area contributed by atoms with E-state index in [-0.39, 0.29) is 11.8 Å². The number of carbonyl (C=O) groups is 2. The first kappa shape index (κ1) is 19.0. The first-order chi connectivity index (χ1) is 13.0. The Kier molecular flexibility index (Phi) is 5.56. The highest BCUT2D eigenvalue weighted by Crippen LogP contribution is 2.41. The largest absolute Gasteiger partial charge is 0.496 e. The first-order valence-electron chi connectivity index (χ1n) is 8.66. The molecule has 1 heterocycles. The number of hydrogen-bond donors (Lipinski definition) is 0. The molecule has 2 aromatic rings. The van der Waals surface area contributed by atoms with E-state index in [0.29, 0.717) is 33.2 Å². The van der Waals surface area contributed by atoms with Crippen LogP contribution in [0.3, 0.4) is 0 Å². The highest BCUT2D eigenvalue weighted by atomic mass is 32.2. The van der Waals surface area contributed by atoms with Gasteiger partial charge in [0.1, 0.15) is 5.75 Å². The second-order valence-electron chi connectivity index (χ2n) is 6.20. The van der Waals surface area contributed by atoms with Gasteiger partial charge in [0.05, 0.1) is 23.3 Å². The fourth-order valence-electron chi connectivity index (χ4n) is 3.02. The third-order valence-corrected chi connectivity index (χ3v) is 5.27. The van der Waals surface area contributed by atoms with Crippen LogP contribution in [-0.4, -0.2) is 38.8 Å². The van der Waals surface area contributed by atoms with Crippen LogP contribution in [-0.2, 0) is 9.59 Å². The highest BCUT2D eigenvalue weighted by Gasteiger charge is 2.41. The lowest BCUT2D eigenvalue weighted by Gasteiger charge is -2.19. The summed E-state index contributed by atoms with van der Waals surface area (Å²) in [4.78, 5) is 30.1. The van der Waals surface area contributed by atoms with Crippen molar-refractivity contribution >= 4 is 40.5 Å². The molecule has 0 atom stereocenters. The van der Waals surface area contributed by atoms with E-state index in [4.69, 9.17) is 4.74 Å². The zero-order valence-corrected chi connectivity index (χ0v) is 16.7. The molecule has 1 aliphatic heterocycles. The number of benzene rings is 2. The number of ether oxygens (including phenoxy) is 1. The molecule has 2 aromatic carbocycles. The average Bonchev–Trinajstić information content (AvgIpc) is 2.92. The molecule has 0 saturated carbocycles. The summed E-state index contributed by atoms with van der Waals surface area (Å²) in [6.07, 6.45) is 0. The van der Waals surface area contributed by atoms with Gasteiger partial charge in [0.25, 0.3) is 11.8 Å². The van der Waals surface area contributed by atoms with Crippen molar-refractivity contribution in [1.82, 2.24) is 0 Å². The molecule has 5 nitrogen and oxygen atoms in total. The Morgan fingerprint density at radius 1 is 1.04 bits per heavy atom. The van der Waals surface area contributed by atoms with Crippen molar-refractivity contribution in [2.75, 3.05) is 36.8 Å². The third kappa shape index (κ3) is 3.45. The van der Waals surface area contributed by atoms with Gasteiger partial charge in [-0.2, -0.15) is 0 Å². The quantitative estimate of drug-likeness (QED) is 0.712. The fourth-order valence-corrected chi connectivity index (χ4v) is 3.87. The molecule has 0 bridgehead atoms. The zero-order chi connectivity index (χ0) is 19.6. The normalized spacial score (nSPS) is 14.1. The standard InChI is InChI=1S/C21H22N2O3S/c1-5-27-19-18(16-11-6-7-12-17(16)26-4)20(24)23(21(19)25)15-10-8-9-14(13-15)22(2)3/h6-13H,5H2,1-4H3. The molecular formula is C21H22N2O3S. The summed E-state index contributed by atoms with van der Waals surface area (Å²) in [5, 5.41) is 0. The lowest BCUT2D eigenvalue weighted by molar-refractivity contribution is -0.119. The minimum absolute atomic E-state index is 0.288. The highest BCUT2D eigenvalue weighted by molar-refractivity contribution is 8.04. The van der Waals surface area contributed by atoms with E-state index in [9.17, 15) is 9.59 Å². The fraction of sp³-hybridized carbons (Fsp3) is 0.238. The maximum atomic E-state index is 13.3. The minimum atomic E-state index is -0.323. The van der Waals surface area contributed by atoms with E-state index in [1.807, 2.05) is 62.3 Å². The van der Waals surface area contributed by atoms with Gasteiger partial charge in [0, 0.05) is 25.3 Å². The number of para-hydroxylation sites is 1. The van der Waals surface area contributed by atoms with Crippen molar-refractivity contribution < 1.29 is 14.3 Å². The number of hydrogen-bond acceptors (Lipinski definition) is 5. The summed E-state index contributed by atoms with van der Waals surface area (Å²) in [5.41, 5.74) is 2.53. The molecule has 0 N–H and O–H groups in total. The number of methoxy groups -OCH3 is 1. The lowest BCUT2D eigenvalue weighted by Crippen LogP contribution is -2.31. The van der Waals surface area contributed by atoms with Crippen LogP contribution in [0.2, 0.25) is 0 Å².